The molecule has 1 aliphatic rings. The van der Waals surface area contributed by atoms with Gasteiger partial charge in [0.15, 0.2) is 0 Å². The summed E-state index contributed by atoms with van der Waals surface area (Å²) >= 11 is 0. The molecule has 1 aliphatic carbocycles. The maximum atomic E-state index is 13.0. The Balaban J connectivity index is 1.59. The SMILES string of the molecule is FC1(F)CCC(CCCCc2ccccc2)CC1. The van der Waals surface area contributed by atoms with Crippen LogP contribution in [-0.4, -0.2) is 5.92 Å². The van der Waals surface area contributed by atoms with E-state index in [-0.39, 0.29) is 12.8 Å². The number of alkyl halides is 2. The monoisotopic (exact) mass is 252 g/mol. The van der Waals surface area contributed by atoms with Crippen molar-refractivity contribution in [2.24, 2.45) is 5.92 Å². The number of aryl methyl sites for hydroxylation is 1. The van der Waals surface area contributed by atoms with E-state index in [1.165, 1.54) is 18.4 Å². The molecule has 2 heteroatoms. The average molecular weight is 252 g/mol. The lowest BCUT2D eigenvalue weighted by Crippen LogP contribution is -2.24. The summed E-state index contributed by atoms with van der Waals surface area (Å²) in [6.07, 6.45) is 6.25. The Morgan fingerprint density at radius 1 is 1.00 bits per heavy atom. The lowest BCUT2D eigenvalue weighted by atomic mass is 9.83. The van der Waals surface area contributed by atoms with Crippen molar-refractivity contribution in [3.05, 3.63) is 35.9 Å². The normalized spacial score (nSPS) is 19.9. The molecule has 1 saturated carbocycles. The predicted octanol–water partition coefficient (Wildman–Crippen LogP) is 5.22. The van der Waals surface area contributed by atoms with Crippen LogP contribution < -0.4 is 0 Å². The Kier molecular flexibility index (Phi) is 4.73. The Morgan fingerprint density at radius 3 is 2.33 bits per heavy atom. The van der Waals surface area contributed by atoms with Crippen LogP contribution in [-0.2, 0) is 6.42 Å². The van der Waals surface area contributed by atoms with Gasteiger partial charge in [0, 0.05) is 12.8 Å². The number of unbranched alkanes of at least 4 members (excludes halogenated alkanes) is 1. The summed E-state index contributed by atoms with van der Waals surface area (Å²) in [4.78, 5) is 0. The topological polar surface area (TPSA) is 0 Å². The van der Waals surface area contributed by atoms with Gasteiger partial charge in [0.2, 0.25) is 5.92 Å². The molecule has 0 aliphatic heterocycles. The highest BCUT2D eigenvalue weighted by Crippen LogP contribution is 2.37. The van der Waals surface area contributed by atoms with Gasteiger partial charge in [0.25, 0.3) is 0 Å². The lowest BCUT2D eigenvalue weighted by molar-refractivity contribution is -0.0466. The fraction of sp³-hybridized carbons (Fsp3) is 0.625. The molecule has 0 spiro atoms. The molecule has 100 valence electrons. The van der Waals surface area contributed by atoms with Crippen LogP contribution in [0.3, 0.4) is 0 Å². The largest absolute Gasteiger partial charge is 0.248 e. The van der Waals surface area contributed by atoms with Crippen LogP contribution in [0.4, 0.5) is 8.78 Å². The van der Waals surface area contributed by atoms with Crippen LogP contribution >= 0.6 is 0 Å². The summed E-state index contributed by atoms with van der Waals surface area (Å²) in [7, 11) is 0. The molecule has 1 aromatic rings. The van der Waals surface area contributed by atoms with Crippen molar-refractivity contribution in [2.75, 3.05) is 0 Å². The van der Waals surface area contributed by atoms with Crippen molar-refractivity contribution in [1.29, 1.82) is 0 Å². The van der Waals surface area contributed by atoms with E-state index in [2.05, 4.69) is 24.3 Å². The van der Waals surface area contributed by atoms with Gasteiger partial charge < -0.3 is 0 Å². The number of benzene rings is 1. The Morgan fingerprint density at radius 2 is 1.67 bits per heavy atom. The summed E-state index contributed by atoms with van der Waals surface area (Å²) in [5.74, 6) is -1.83. The third-order valence-electron chi connectivity index (χ3n) is 4.01. The van der Waals surface area contributed by atoms with E-state index >= 15 is 0 Å². The lowest BCUT2D eigenvalue weighted by Gasteiger charge is -2.28. The maximum absolute atomic E-state index is 13.0. The van der Waals surface area contributed by atoms with Gasteiger partial charge in [0.05, 0.1) is 0 Å². The molecule has 0 saturated heterocycles. The molecule has 0 unspecified atom stereocenters. The molecular formula is C16H22F2. The Hall–Kier alpha value is -0.920. The van der Waals surface area contributed by atoms with Crippen LogP contribution in [0.5, 0.6) is 0 Å². The van der Waals surface area contributed by atoms with Crippen LogP contribution in [0, 0.1) is 5.92 Å². The fourth-order valence-electron chi connectivity index (χ4n) is 2.80. The molecule has 0 heterocycles. The van der Waals surface area contributed by atoms with Crippen molar-refractivity contribution in [3.8, 4) is 0 Å². The zero-order chi connectivity index (χ0) is 12.8. The number of rotatable bonds is 5. The predicted molar refractivity (Wildman–Crippen MR) is 70.9 cm³/mol. The second-order valence-electron chi connectivity index (χ2n) is 5.53. The highest BCUT2D eigenvalue weighted by Gasteiger charge is 2.34. The van der Waals surface area contributed by atoms with E-state index in [1.54, 1.807) is 0 Å². The van der Waals surface area contributed by atoms with Crippen LogP contribution in [0.25, 0.3) is 0 Å². The number of hydrogen-bond donors (Lipinski definition) is 0. The van der Waals surface area contributed by atoms with Gasteiger partial charge in [-0.3, -0.25) is 0 Å². The second-order valence-corrected chi connectivity index (χ2v) is 5.53. The molecular weight excluding hydrogens is 230 g/mol. The summed E-state index contributed by atoms with van der Waals surface area (Å²) in [6.45, 7) is 0. The third kappa shape index (κ3) is 4.40. The first-order valence-electron chi connectivity index (χ1n) is 7.07. The summed E-state index contributed by atoms with van der Waals surface area (Å²) in [5.41, 5.74) is 1.38. The van der Waals surface area contributed by atoms with Crippen molar-refractivity contribution >= 4 is 0 Å². The minimum atomic E-state index is -2.37. The summed E-state index contributed by atoms with van der Waals surface area (Å²) in [5, 5.41) is 0. The molecule has 0 N–H and O–H groups in total. The Labute approximate surface area is 108 Å². The summed E-state index contributed by atoms with van der Waals surface area (Å²) in [6, 6.07) is 10.5. The molecule has 1 fully saturated rings. The first-order valence-corrected chi connectivity index (χ1v) is 7.07. The maximum Gasteiger partial charge on any atom is 0.248 e. The first-order chi connectivity index (χ1) is 8.66. The van der Waals surface area contributed by atoms with Gasteiger partial charge in [-0.15, -0.1) is 0 Å². The molecule has 0 nitrogen and oxygen atoms in total. The smallest absolute Gasteiger partial charge is 0.207 e. The van der Waals surface area contributed by atoms with E-state index in [9.17, 15) is 8.78 Å². The van der Waals surface area contributed by atoms with Crippen molar-refractivity contribution < 1.29 is 8.78 Å². The standard InChI is InChI=1S/C16H22F2/c17-16(18)12-10-15(11-13-16)9-5-4-8-14-6-2-1-3-7-14/h1-3,6-7,15H,4-5,8-13H2. The zero-order valence-electron chi connectivity index (χ0n) is 10.9. The molecule has 0 aromatic heterocycles. The Bertz CT molecular complexity index is 335. The molecule has 0 amide bonds. The minimum absolute atomic E-state index is 0.107. The third-order valence-corrected chi connectivity index (χ3v) is 4.01. The van der Waals surface area contributed by atoms with Gasteiger partial charge in [-0.25, -0.2) is 8.78 Å². The molecule has 1 aromatic carbocycles. The second kappa shape index (κ2) is 6.31. The molecule has 18 heavy (non-hydrogen) atoms. The van der Waals surface area contributed by atoms with E-state index < -0.39 is 5.92 Å². The quantitative estimate of drug-likeness (QED) is 0.630. The van der Waals surface area contributed by atoms with Crippen LogP contribution in [0.1, 0.15) is 50.5 Å². The van der Waals surface area contributed by atoms with Gasteiger partial charge in [-0.1, -0.05) is 43.2 Å². The molecule has 2 rings (SSSR count). The highest BCUT2D eigenvalue weighted by atomic mass is 19.3. The van der Waals surface area contributed by atoms with Crippen molar-refractivity contribution in [2.45, 2.75) is 57.3 Å². The number of hydrogen-bond acceptors (Lipinski definition) is 0. The first kappa shape index (κ1) is 13.5. The van der Waals surface area contributed by atoms with Gasteiger partial charge >= 0.3 is 0 Å². The van der Waals surface area contributed by atoms with E-state index in [0.717, 1.165) is 25.7 Å². The van der Waals surface area contributed by atoms with E-state index in [1.807, 2.05) is 6.07 Å². The zero-order valence-corrected chi connectivity index (χ0v) is 10.9. The molecule has 0 atom stereocenters. The van der Waals surface area contributed by atoms with Gasteiger partial charge in [-0.05, 0) is 37.2 Å². The van der Waals surface area contributed by atoms with Crippen molar-refractivity contribution in [1.82, 2.24) is 0 Å². The highest BCUT2D eigenvalue weighted by molar-refractivity contribution is 5.14. The molecule has 0 bridgehead atoms. The van der Waals surface area contributed by atoms with Crippen molar-refractivity contribution in [3.63, 3.8) is 0 Å². The molecule has 0 radical (unpaired) electrons. The van der Waals surface area contributed by atoms with E-state index in [0.29, 0.717) is 5.92 Å². The number of halogens is 2. The van der Waals surface area contributed by atoms with Gasteiger partial charge in [-0.2, -0.15) is 0 Å². The average Bonchev–Trinajstić information content (AvgIpc) is 2.37. The summed E-state index contributed by atoms with van der Waals surface area (Å²) < 4.78 is 26.0. The van der Waals surface area contributed by atoms with Crippen LogP contribution in [0.15, 0.2) is 30.3 Å². The minimum Gasteiger partial charge on any atom is -0.207 e. The van der Waals surface area contributed by atoms with E-state index in [4.69, 9.17) is 0 Å². The van der Waals surface area contributed by atoms with Gasteiger partial charge in [0.1, 0.15) is 0 Å². The fourth-order valence-corrected chi connectivity index (χ4v) is 2.80. The van der Waals surface area contributed by atoms with Crippen LogP contribution in [0.2, 0.25) is 0 Å².